The summed E-state index contributed by atoms with van der Waals surface area (Å²) in [4.78, 5) is 11.0. The molecule has 11 heteroatoms. The lowest BCUT2D eigenvalue weighted by Gasteiger charge is -2.29. The first-order valence-corrected chi connectivity index (χ1v) is 13.8. The summed E-state index contributed by atoms with van der Waals surface area (Å²) in [6.45, 7) is 2.05. The molecule has 1 aliphatic rings. The number of benzene rings is 1. The van der Waals surface area contributed by atoms with E-state index in [2.05, 4.69) is 36.7 Å². The number of ether oxygens (including phenoxy) is 1. The molecule has 1 saturated heterocycles. The van der Waals surface area contributed by atoms with Crippen molar-refractivity contribution in [2.75, 3.05) is 23.0 Å². The zero-order valence-corrected chi connectivity index (χ0v) is 22.1. The number of anilines is 2. The van der Waals surface area contributed by atoms with Crippen LogP contribution in [0.5, 0.6) is 5.75 Å². The largest absolute Gasteiger partial charge is 0.494 e. The molecule has 0 amide bonds. The van der Waals surface area contributed by atoms with Crippen molar-refractivity contribution in [3.8, 4) is 11.4 Å². The maximum absolute atomic E-state index is 11.9. The predicted octanol–water partition coefficient (Wildman–Crippen LogP) is 4.13. The van der Waals surface area contributed by atoms with Gasteiger partial charge in [0.1, 0.15) is 11.8 Å². The van der Waals surface area contributed by atoms with Crippen molar-refractivity contribution in [2.45, 2.75) is 19.0 Å². The number of methoxy groups -OCH3 is 1. The average Bonchev–Trinajstić information content (AvgIpc) is 3.43. The minimum atomic E-state index is -3.48. The Balaban J connectivity index is 1.67. The van der Waals surface area contributed by atoms with Gasteiger partial charge in [-0.1, -0.05) is 6.07 Å². The van der Waals surface area contributed by atoms with Crippen LogP contribution in [0.3, 0.4) is 0 Å². The van der Waals surface area contributed by atoms with Gasteiger partial charge in [-0.05, 0) is 67.7 Å². The van der Waals surface area contributed by atoms with Crippen molar-refractivity contribution in [3.05, 3.63) is 96.3 Å². The van der Waals surface area contributed by atoms with Crippen molar-refractivity contribution in [3.63, 3.8) is 0 Å². The van der Waals surface area contributed by atoms with Crippen LogP contribution in [0, 0.1) is 6.92 Å². The number of hydrogen-bond acceptors (Lipinski definition) is 6. The van der Waals surface area contributed by atoms with Crippen molar-refractivity contribution < 1.29 is 13.2 Å². The summed E-state index contributed by atoms with van der Waals surface area (Å²) in [5.74, 6) is 0.379. The Labute approximate surface area is 221 Å². The molecule has 1 aromatic carbocycles. The monoisotopic (exact) mass is 534 g/mol. The quantitative estimate of drug-likeness (QED) is 0.341. The van der Waals surface area contributed by atoms with Crippen LogP contribution in [0.2, 0.25) is 0 Å². The fourth-order valence-electron chi connectivity index (χ4n) is 4.68. The number of thiocarbonyl (C=S) groups is 1. The molecule has 4 heterocycles. The number of nitrogens with one attached hydrogen (secondary N) is 2. The lowest BCUT2D eigenvalue weighted by molar-refractivity contribution is 0.417. The van der Waals surface area contributed by atoms with Crippen LogP contribution >= 0.6 is 12.2 Å². The van der Waals surface area contributed by atoms with Crippen LogP contribution in [-0.2, 0) is 10.0 Å². The molecule has 0 bridgehead atoms. The summed E-state index contributed by atoms with van der Waals surface area (Å²) < 4.78 is 33.9. The van der Waals surface area contributed by atoms with Gasteiger partial charge in [0, 0.05) is 35.5 Å². The molecule has 2 N–H and O–H groups in total. The molecule has 2 atom stereocenters. The third kappa shape index (κ3) is 4.87. The van der Waals surface area contributed by atoms with Gasteiger partial charge < -0.3 is 19.5 Å². The highest BCUT2D eigenvalue weighted by molar-refractivity contribution is 7.92. The third-order valence-corrected chi connectivity index (χ3v) is 7.08. The zero-order valence-electron chi connectivity index (χ0n) is 20.5. The van der Waals surface area contributed by atoms with Crippen molar-refractivity contribution in [1.29, 1.82) is 0 Å². The fraction of sp³-hybridized carbons (Fsp3) is 0.192. The molecule has 5 rings (SSSR count). The van der Waals surface area contributed by atoms with Gasteiger partial charge in [0.15, 0.2) is 5.11 Å². The molecule has 190 valence electrons. The van der Waals surface area contributed by atoms with Crippen molar-refractivity contribution >= 4 is 38.7 Å². The van der Waals surface area contributed by atoms with Crippen LogP contribution in [0.15, 0.2) is 79.3 Å². The first-order chi connectivity index (χ1) is 17.8. The van der Waals surface area contributed by atoms with E-state index >= 15 is 0 Å². The van der Waals surface area contributed by atoms with E-state index in [9.17, 15) is 8.42 Å². The highest BCUT2D eigenvalue weighted by Crippen LogP contribution is 2.44. The lowest BCUT2D eigenvalue weighted by Crippen LogP contribution is -2.30. The first-order valence-electron chi connectivity index (χ1n) is 11.5. The summed E-state index contributed by atoms with van der Waals surface area (Å²) in [6.07, 6.45) is 6.43. The Kier molecular flexibility index (Phi) is 6.57. The van der Waals surface area contributed by atoms with Gasteiger partial charge in [0.05, 0.1) is 42.7 Å². The SMILES string of the molecule is COc1cc(N2C(=S)N[C@H](c3ccccn3)[C@@H]2c2ccc(C)n2-c2cccnc2)ccc1NS(C)(=O)=O. The van der Waals surface area contributed by atoms with Gasteiger partial charge in [0.2, 0.25) is 10.0 Å². The standard InChI is InChI=1S/C26H26N6O3S2/c1-17-9-12-22(31(17)19-7-6-13-27-16-19)25-24(21-8-4-5-14-28-21)29-26(36)32(25)18-10-11-20(23(15-18)35-2)30-37(3,33)34/h4-16,24-25,30H,1-3H3,(H,29,36)/t24-,25+/m1/s1. The highest BCUT2D eigenvalue weighted by Gasteiger charge is 2.42. The van der Waals surface area contributed by atoms with Crippen LogP contribution in [-0.4, -0.2) is 41.4 Å². The van der Waals surface area contributed by atoms with E-state index in [1.54, 1.807) is 24.5 Å². The summed E-state index contributed by atoms with van der Waals surface area (Å²) >= 11 is 5.86. The molecule has 0 saturated carbocycles. The van der Waals surface area contributed by atoms with Gasteiger partial charge >= 0.3 is 0 Å². The molecular formula is C26H26N6O3S2. The molecule has 0 spiro atoms. The minimum absolute atomic E-state index is 0.252. The minimum Gasteiger partial charge on any atom is -0.494 e. The van der Waals surface area contributed by atoms with Crippen LogP contribution < -0.4 is 19.7 Å². The Morgan fingerprint density at radius 1 is 1.05 bits per heavy atom. The van der Waals surface area contributed by atoms with Gasteiger partial charge in [0.25, 0.3) is 0 Å². The van der Waals surface area contributed by atoms with Gasteiger partial charge in [-0.3, -0.25) is 14.7 Å². The maximum Gasteiger partial charge on any atom is 0.229 e. The molecule has 4 aromatic rings. The molecule has 0 unspecified atom stereocenters. The highest BCUT2D eigenvalue weighted by atomic mass is 32.2. The van der Waals surface area contributed by atoms with Crippen LogP contribution in [0.1, 0.15) is 29.2 Å². The van der Waals surface area contributed by atoms with Gasteiger partial charge in [-0.15, -0.1) is 0 Å². The van der Waals surface area contributed by atoms with E-state index in [0.29, 0.717) is 16.5 Å². The van der Waals surface area contributed by atoms with Gasteiger partial charge in [-0.2, -0.15) is 0 Å². The molecule has 37 heavy (non-hydrogen) atoms. The number of aromatic nitrogens is 3. The van der Waals surface area contributed by atoms with E-state index in [1.165, 1.54) is 7.11 Å². The normalized spacial score (nSPS) is 17.5. The van der Waals surface area contributed by atoms with Crippen molar-refractivity contribution in [2.24, 2.45) is 0 Å². The molecule has 3 aromatic heterocycles. The summed E-state index contributed by atoms with van der Waals surface area (Å²) in [5, 5.41) is 3.98. The number of aryl methyl sites for hydroxylation is 1. The number of hydrogen-bond donors (Lipinski definition) is 2. The number of pyridine rings is 2. The molecular weight excluding hydrogens is 508 g/mol. The smallest absolute Gasteiger partial charge is 0.229 e. The van der Waals surface area contributed by atoms with E-state index in [0.717, 1.165) is 34.7 Å². The lowest BCUT2D eigenvalue weighted by atomic mass is 10.0. The summed E-state index contributed by atoms with van der Waals surface area (Å²) in [7, 11) is -1.99. The zero-order chi connectivity index (χ0) is 26.2. The van der Waals surface area contributed by atoms with E-state index in [4.69, 9.17) is 17.0 Å². The van der Waals surface area contributed by atoms with E-state index < -0.39 is 10.0 Å². The predicted molar refractivity (Wildman–Crippen MR) is 148 cm³/mol. The van der Waals surface area contributed by atoms with Crippen molar-refractivity contribution in [1.82, 2.24) is 19.9 Å². The molecule has 9 nitrogen and oxygen atoms in total. The first kappa shape index (κ1) is 24.7. The third-order valence-electron chi connectivity index (χ3n) is 6.17. The second-order valence-corrected chi connectivity index (χ2v) is 10.8. The maximum atomic E-state index is 11.9. The summed E-state index contributed by atoms with van der Waals surface area (Å²) in [6, 6.07) is 18.6. The van der Waals surface area contributed by atoms with Crippen LogP contribution in [0.4, 0.5) is 11.4 Å². The molecule has 1 fully saturated rings. The summed E-state index contributed by atoms with van der Waals surface area (Å²) in [5.41, 5.74) is 4.91. The molecule has 1 aliphatic heterocycles. The Morgan fingerprint density at radius 3 is 2.57 bits per heavy atom. The van der Waals surface area contributed by atoms with Gasteiger partial charge in [-0.25, -0.2) is 8.42 Å². The average molecular weight is 535 g/mol. The fourth-order valence-corrected chi connectivity index (χ4v) is 5.59. The second-order valence-electron chi connectivity index (χ2n) is 8.70. The molecule has 0 radical (unpaired) electrons. The number of sulfonamides is 1. The Hall–Kier alpha value is -3.96. The van der Waals surface area contributed by atoms with E-state index in [1.807, 2.05) is 54.4 Å². The molecule has 0 aliphatic carbocycles. The topological polar surface area (TPSA) is 101 Å². The van der Waals surface area contributed by atoms with E-state index in [-0.39, 0.29) is 12.1 Å². The van der Waals surface area contributed by atoms with Crippen LogP contribution in [0.25, 0.3) is 5.69 Å². The Bertz CT molecular complexity index is 1540. The second kappa shape index (κ2) is 9.83. The number of nitrogens with zero attached hydrogens (tertiary/aromatic N) is 4. The Morgan fingerprint density at radius 2 is 1.89 bits per heavy atom. The number of rotatable bonds is 7.